The van der Waals surface area contributed by atoms with Gasteiger partial charge in [-0.1, -0.05) is 0 Å². The van der Waals surface area contributed by atoms with E-state index in [9.17, 15) is 10.1 Å². The van der Waals surface area contributed by atoms with Crippen molar-refractivity contribution in [2.24, 2.45) is 0 Å². The minimum absolute atomic E-state index is 0.000877. The third-order valence-corrected chi connectivity index (χ3v) is 2.77. The van der Waals surface area contributed by atoms with Crippen LogP contribution in [0.2, 0.25) is 0 Å². The van der Waals surface area contributed by atoms with E-state index in [1.54, 1.807) is 25.2 Å². The Hall–Kier alpha value is -3.03. The van der Waals surface area contributed by atoms with Crippen molar-refractivity contribution in [2.45, 2.75) is 0 Å². The van der Waals surface area contributed by atoms with E-state index in [0.717, 1.165) is 5.69 Å². The zero-order valence-corrected chi connectivity index (χ0v) is 11.5. The molecule has 0 amide bonds. The lowest BCUT2D eigenvalue weighted by atomic mass is 10.2. The summed E-state index contributed by atoms with van der Waals surface area (Å²) in [6, 6.07) is 6.53. The van der Waals surface area contributed by atoms with Gasteiger partial charge in [-0.15, -0.1) is 0 Å². The second-order valence-electron chi connectivity index (χ2n) is 4.02. The van der Waals surface area contributed by atoms with E-state index in [2.05, 4.69) is 10.3 Å². The number of nitro groups is 1. The second kappa shape index (κ2) is 5.95. The summed E-state index contributed by atoms with van der Waals surface area (Å²) in [6.07, 6.45) is 1.34. The van der Waals surface area contributed by atoms with Crippen molar-refractivity contribution in [2.75, 3.05) is 25.2 Å². The highest BCUT2D eigenvalue weighted by Gasteiger charge is 2.22. The predicted octanol–water partition coefficient (Wildman–Crippen LogP) is 2.41. The van der Waals surface area contributed by atoms with Gasteiger partial charge in [0.15, 0.2) is 11.5 Å². The number of rotatable bonds is 5. The number of nitrogen functional groups attached to an aromatic ring is 1. The van der Waals surface area contributed by atoms with Crippen LogP contribution < -0.4 is 20.5 Å². The monoisotopic (exact) mass is 290 g/mol. The van der Waals surface area contributed by atoms with Crippen LogP contribution in [0, 0.1) is 10.1 Å². The molecule has 0 unspecified atom stereocenters. The number of benzene rings is 1. The lowest BCUT2D eigenvalue weighted by molar-refractivity contribution is -0.384. The van der Waals surface area contributed by atoms with Gasteiger partial charge in [0.05, 0.1) is 12.0 Å². The first-order valence-electron chi connectivity index (χ1n) is 5.99. The Balaban J connectivity index is 2.47. The minimum atomic E-state index is -0.633. The van der Waals surface area contributed by atoms with E-state index in [-0.39, 0.29) is 17.3 Å². The Morgan fingerprint density at radius 2 is 2.05 bits per heavy atom. The molecule has 0 bridgehead atoms. The summed E-state index contributed by atoms with van der Waals surface area (Å²) in [4.78, 5) is 14.1. The molecule has 0 aliphatic heterocycles. The van der Waals surface area contributed by atoms with Crippen molar-refractivity contribution in [3.63, 3.8) is 0 Å². The lowest BCUT2D eigenvalue weighted by Crippen LogP contribution is -2.01. The average molecular weight is 290 g/mol. The quantitative estimate of drug-likeness (QED) is 0.642. The number of pyridine rings is 1. The number of hydrogen-bond acceptors (Lipinski definition) is 7. The zero-order chi connectivity index (χ0) is 15.4. The molecule has 110 valence electrons. The molecule has 0 spiro atoms. The number of anilines is 2. The smallest absolute Gasteiger partial charge is 0.353 e. The van der Waals surface area contributed by atoms with Crippen molar-refractivity contribution in [3.8, 4) is 17.2 Å². The molecule has 1 aromatic heterocycles. The molecule has 21 heavy (non-hydrogen) atoms. The van der Waals surface area contributed by atoms with E-state index in [1.807, 2.05) is 0 Å². The Morgan fingerprint density at radius 1 is 1.29 bits per heavy atom. The van der Waals surface area contributed by atoms with Crippen LogP contribution in [0.1, 0.15) is 0 Å². The van der Waals surface area contributed by atoms with Gasteiger partial charge in [-0.2, -0.15) is 0 Å². The summed E-state index contributed by atoms with van der Waals surface area (Å²) in [6.45, 7) is 0. The van der Waals surface area contributed by atoms with Gasteiger partial charge in [0, 0.05) is 31.1 Å². The van der Waals surface area contributed by atoms with Crippen LogP contribution in [-0.4, -0.2) is 24.1 Å². The average Bonchev–Trinajstić information content (AvgIpc) is 2.46. The molecule has 8 nitrogen and oxygen atoms in total. The highest BCUT2D eigenvalue weighted by atomic mass is 16.6. The highest BCUT2D eigenvalue weighted by Crippen LogP contribution is 2.39. The van der Waals surface area contributed by atoms with Crippen LogP contribution in [0.15, 0.2) is 30.5 Å². The molecule has 2 aromatic rings. The SMILES string of the molecule is CNc1ccc(OC)c(Oc2ccnc(N)c2[N+](=O)[O-])c1. The molecule has 0 radical (unpaired) electrons. The number of methoxy groups -OCH3 is 1. The van der Waals surface area contributed by atoms with Crippen molar-refractivity contribution >= 4 is 17.2 Å². The molecule has 0 saturated heterocycles. The Labute approximate surface area is 120 Å². The summed E-state index contributed by atoms with van der Waals surface area (Å²) >= 11 is 0. The van der Waals surface area contributed by atoms with Crippen LogP contribution in [0.25, 0.3) is 0 Å². The number of nitrogens with zero attached hydrogens (tertiary/aromatic N) is 2. The van der Waals surface area contributed by atoms with Crippen LogP contribution in [0.4, 0.5) is 17.2 Å². The van der Waals surface area contributed by atoms with E-state index < -0.39 is 4.92 Å². The summed E-state index contributed by atoms with van der Waals surface area (Å²) in [5.74, 6) is 0.567. The molecule has 8 heteroatoms. The second-order valence-corrected chi connectivity index (χ2v) is 4.02. The van der Waals surface area contributed by atoms with E-state index in [1.165, 1.54) is 19.4 Å². The molecular weight excluding hydrogens is 276 g/mol. The molecule has 0 aliphatic rings. The van der Waals surface area contributed by atoms with Crippen molar-refractivity contribution < 1.29 is 14.4 Å². The first-order valence-corrected chi connectivity index (χ1v) is 5.99. The number of hydrogen-bond donors (Lipinski definition) is 2. The van der Waals surface area contributed by atoms with Gasteiger partial charge < -0.3 is 20.5 Å². The maximum Gasteiger partial charge on any atom is 0.353 e. The standard InChI is InChI=1S/C13H14N4O4/c1-15-8-3-4-9(20-2)11(7-8)21-10-5-6-16-13(14)12(10)17(18)19/h3-7,15H,1-2H3,(H2,14,16). The van der Waals surface area contributed by atoms with E-state index in [0.29, 0.717) is 11.5 Å². The largest absolute Gasteiger partial charge is 0.493 e. The number of nitrogens with one attached hydrogen (secondary N) is 1. The fourth-order valence-electron chi connectivity index (χ4n) is 1.75. The Kier molecular flexibility index (Phi) is 4.07. The lowest BCUT2D eigenvalue weighted by Gasteiger charge is -2.12. The molecule has 3 N–H and O–H groups in total. The normalized spacial score (nSPS) is 10.0. The first kappa shape index (κ1) is 14.4. The van der Waals surface area contributed by atoms with Crippen molar-refractivity contribution in [3.05, 3.63) is 40.6 Å². The molecule has 0 fully saturated rings. The molecule has 0 aliphatic carbocycles. The fourth-order valence-corrected chi connectivity index (χ4v) is 1.75. The van der Waals surface area contributed by atoms with E-state index >= 15 is 0 Å². The topological polar surface area (TPSA) is 113 Å². The van der Waals surface area contributed by atoms with Gasteiger partial charge in [-0.3, -0.25) is 10.1 Å². The van der Waals surface area contributed by atoms with Crippen molar-refractivity contribution in [1.29, 1.82) is 0 Å². The molecule has 1 aromatic carbocycles. The summed E-state index contributed by atoms with van der Waals surface area (Å²) in [5.41, 5.74) is 5.92. The molecule has 2 rings (SSSR count). The van der Waals surface area contributed by atoms with Crippen LogP contribution in [-0.2, 0) is 0 Å². The molecule has 1 heterocycles. The molecule has 0 saturated carbocycles. The molecular formula is C13H14N4O4. The summed E-state index contributed by atoms with van der Waals surface area (Å²) in [5, 5.41) is 14.0. The van der Waals surface area contributed by atoms with Gasteiger partial charge >= 0.3 is 5.69 Å². The van der Waals surface area contributed by atoms with Gasteiger partial charge in [0.2, 0.25) is 11.6 Å². The molecule has 0 atom stereocenters. The van der Waals surface area contributed by atoms with Crippen molar-refractivity contribution in [1.82, 2.24) is 4.98 Å². The van der Waals surface area contributed by atoms with Crippen LogP contribution in [0.5, 0.6) is 17.2 Å². The maximum absolute atomic E-state index is 11.1. The van der Waals surface area contributed by atoms with Gasteiger partial charge in [-0.25, -0.2) is 4.98 Å². The number of ether oxygens (including phenoxy) is 2. The van der Waals surface area contributed by atoms with Crippen LogP contribution in [0.3, 0.4) is 0 Å². The predicted molar refractivity (Wildman–Crippen MR) is 77.9 cm³/mol. The van der Waals surface area contributed by atoms with E-state index in [4.69, 9.17) is 15.2 Å². The van der Waals surface area contributed by atoms with Gasteiger partial charge in [-0.05, 0) is 12.1 Å². The first-order chi connectivity index (χ1) is 10.1. The highest BCUT2D eigenvalue weighted by molar-refractivity contribution is 5.63. The Morgan fingerprint density at radius 3 is 2.67 bits per heavy atom. The third kappa shape index (κ3) is 2.94. The fraction of sp³-hybridized carbons (Fsp3) is 0.154. The number of aromatic nitrogens is 1. The van der Waals surface area contributed by atoms with Gasteiger partial charge in [0.1, 0.15) is 0 Å². The number of nitrogens with two attached hydrogens (primary N) is 1. The Bertz CT molecular complexity index is 675. The third-order valence-electron chi connectivity index (χ3n) is 2.77. The summed E-state index contributed by atoms with van der Waals surface area (Å²) in [7, 11) is 3.23. The minimum Gasteiger partial charge on any atom is -0.493 e. The zero-order valence-electron chi connectivity index (χ0n) is 11.5. The maximum atomic E-state index is 11.1. The summed E-state index contributed by atoms with van der Waals surface area (Å²) < 4.78 is 10.8. The van der Waals surface area contributed by atoms with Gasteiger partial charge in [0.25, 0.3) is 0 Å². The van der Waals surface area contributed by atoms with Crippen LogP contribution >= 0.6 is 0 Å².